The van der Waals surface area contributed by atoms with Gasteiger partial charge in [0.1, 0.15) is 6.10 Å². The Hall–Kier alpha value is -1.59. The van der Waals surface area contributed by atoms with E-state index < -0.39 is 0 Å². The fourth-order valence-corrected chi connectivity index (χ4v) is 2.28. The molecule has 128 valence electrons. The molecule has 0 aliphatic heterocycles. The molecule has 0 saturated heterocycles. The van der Waals surface area contributed by atoms with Gasteiger partial charge in [0.15, 0.2) is 0 Å². The van der Waals surface area contributed by atoms with Crippen LogP contribution in [0.15, 0.2) is 0 Å². The van der Waals surface area contributed by atoms with E-state index in [1.165, 1.54) is 21.0 Å². The van der Waals surface area contributed by atoms with Crippen LogP contribution in [0, 0.1) is 0 Å². The van der Waals surface area contributed by atoms with Gasteiger partial charge in [0.2, 0.25) is 5.91 Å². The molecular formula is C16H29NO5. The largest absolute Gasteiger partial charge is 0.469 e. The predicted molar refractivity (Wildman–Crippen MR) is 83.2 cm³/mol. The Balaban J connectivity index is 3.91. The van der Waals surface area contributed by atoms with E-state index >= 15 is 0 Å². The Morgan fingerprint density at radius 3 is 2.14 bits per heavy atom. The van der Waals surface area contributed by atoms with E-state index in [0.717, 1.165) is 38.5 Å². The van der Waals surface area contributed by atoms with E-state index in [1.807, 2.05) is 6.92 Å². The predicted octanol–water partition coefficient (Wildman–Crippen LogP) is 2.35. The van der Waals surface area contributed by atoms with Crippen molar-refractivity contribution in [1.82, 2.24) is 5.32 Å². The molecule has 0 aromatic heterocycles. The van der Waals surface area contributed by atoms with Crippen molar-refractivity contribution in [3.63, 3.8) is 0 Å². The average molecular weight is 315 g/mol. The minimum absolute atomic E-state index is 0.132. The molecule has 0 heterocycles. The molecule has 0 bridgehead atoms. The highest BCUT2D eigenvalue weighted by Crippen LogP contribution is 2.13. The lowest BCUT2D eigenvalue weighted by molar-refractivity contribution is -0.149. The lowest BCUT2D eigenvalue weighted by atomic mass is 10.0. The third-order valence-corrected chi connectivity index (χ3v) is 3.40. The maximum atomic E-state index is 11.1. The fourth-order valence-electron chi connectivity index (χ4n) is 2.28. The number of hydrogen-bond acceptors (Lipinski definition) is 5. The molecule has 0 spiro atoms. The van der Waals surface area contributed by atoms with Gasteiger partial charge >= 0.3 is 11.9 Å². The number of carbonyl (C=O) groups is 3. The summed E-state index contributed by atoms with van der Waals surface area (Å²) in [6.07, 6.45) is 5.65. The van der Waals surface area contributed by atoms with Crippen molar-refractivity contribution in [1.29, 1.82) is 0 Å². The molecule has 2 atom stereocenters. The lowest BCUT2D eigenvalue weighted by Gasteiger charge is -2.24. The van der Waals surface area contributed by atoms with E-state index in [1.54, 1.807) is 0 Å². The van der Waals surface area contributed by atoms with Crippen LogP contribution in [0.1, 0.15) is 65.7 Å². The zero-order valence-electron chi connectivity index (χ0n) is 14.1. The zero-order chi connectivity index (χ0) is 17.0. The van der Waals surface area contributed by atoms with E-state index in [0.29, 0.717) is 6.42 Å². The fraction of sp³-hybridized carbons (Fsp3) is 0.812. The highest BCUT2D eigenvalue weighted by atomic mass is 16.5. The first-order chi connectivity index (χ1) is 10.4. The molecule has 0 aliphatic rings. The molecule has 6 heteroatoms. The summed E-state index contributed by atoms with van der Waals surface area (Å²) in [6, 6.07) is -0.194. The van der Waals surface area contributed by atoms with Crippen LogP contribution >= 0.6 is 0 Å². The van der Waals surface area contributed by atoms with Gasteiger partial charge in [-0.1, -0.05) is 19.3 Å². The van der Waals surface area contributed by atoms with E-state index in [4.69, 9.17) is 4.74 Å². The van der Waals surface area contributed by atoms with Crippen LogP contribution < -0.4 is 5.32 Å². The molecule has 0 rings (SSSR count). The van der Waals surface area contributed by atoms with Crippen LogP contribution in [0.5, 0.6) is 0 Å². The van der Waals surface area contributed by atoms with E-state index in [9.17, 15) is 14.4 Å². The van der Waals surface area contributed by atoms with Crippen molar-refractivity contribution in [3.8, 4) is 0 Å². The molecule has 0 aromatic carbocycles. The molecule has 0 aromatic rings. The Labute approximate surface area is 132 Å². The number of carbonyl (C=O) groups excluding carboxylic acids is 3. The molecule has 0 radical (unpaired) electrons. The Kier molecular flexibility index (Phi) is 11.1. The molecular weight excluding hydrogens is 286 g/mol. The highest BCUT2D eigenvalue weighted by Gasteiger charge is 2.20. The van der Waals surface area contributed by atoms with Crippen molar-refractivity contribution in [2.75, 3.05) is 7.11 Å². The normalized spacial score (nSPS) is 13.1. The first kappa shape index (κ1) is 20.4. The monoisotopic (exact) mass is 315 g/mol. The van der Waals surface area contributed by atoms with E-state index in [2.05, 4.69) is 10.1 Å². The van der Waals surface area contributed by atoms with Crippen LogP contribution in [-0.4, -0.2) is 37.1 Å². The van der Waals surface area contributed by atoms with Crippen LogP contribution in [0.25, 0.3) is 0 Å². The van der Waals surface area contributed by atoms with E-state index in [-0.39, 0.29) is 30.0 Å². The number of esters is 2. The third kappa shape index (κ3) is 11.1. The van der Waals surface area contributed by atoms with Crippen molar-refractivity contribution < 1.29 is 23.9 Å². The molecule has 0 fully saturated rings. The Morgan fingerprint density at radius 1 is 1.00 bits per heavy atom. The van der Waals surface area contributed by atoms with Gasteiger partial charge in [-0.2, -0.15) is 0 Å². The molecule has 1 amide bonds. The van der Waals surface area contributed by atoms with Gasteiger partial charge in [0.05, 0.1) is 13.2 Å². The number of amides is 1. The second kappa shape index (κ2) is 12.0. The average Bonchev–Trinajstić information content (AvgIpc) is 2.43. The van der Waals surface area contributed by atoms with Crippen LogP contribution in [0.3, 0.4) is 0 Å². The highest BCUT2D eigenvalue weighted by molar-refractivity contribution is 5.73. The standard InChI is InChI=1S/C16H29NO5/c1-12(17-13(2)18)15(22-14(3)19)10-8-6-5-7-9-11-16(20)21-4/h12,15H,5-11H2,1-4H3,(H,17,18)/t12-,15+/m0/s1. The topological polar surface area (TPSA) is 81.7 Å². The van der Waals surface area contributed by atoms with Gasteiger partial charge in [-0.25, -0.2) is 0 Å². The number of hydrogen-bond donors (Lipinski definition) is 1. The molecule has 0 unspecified atom stereocenters. The minimum Gasteiger partial charge on any atom is -0.469 e. The maximum Gasteiger partial charge on any atom is 0.305 e. The summed E-state index contributed by atoms with van der Waals surface area (Å²) in [5.41, 5.74) is 0. The molecule has 1 N–H and O–H groups in total. The van der Waals surface area contributed by atoms with Crippen LogP contribution in [-0.2, 0) is 23.9 Å². The van der Waals surface area contributed by atoms with Gasteiger partial charge in [0, 0.05) is 20.3 Å². The van der Waals surface area contributed by atoms with Gasteiger partial charge in [0.25, 0.3) is 0 Å². The summed E-state index contributed by atoms with van der Waals surface area (Å²) in [4.78, 5) is 33.2. The van der Waals surface area contributed by atoms with Gasteiger partial charge in [-0.3, -0.25) is 14.4 Å². The van der Waals surface area contributed by atoms with Crippen molar-refractivity contribution >= 4 is 17.8 Å². The van der Waals surface area contributed by atoms with Gasteiger partial charge in [-0.15, -0.1) is 0 Å². The smallest absolute Gasteiger partial charge is 0.305 e. The summed E-state index contributed by atoms with van der Waals surface area (Å²) in [5.74, 6) is -0.633. The number of rotatable bonds is 11. The summed E-state index contributed by atoms with van der Waals surface area (Å²) >= 11 is 0. The summed E-state index contributed by atoms with van der Waals surface area (Å²) in [5, 5.41) is 2.76. The van der Waals surface area contributed by atoms with Gasteiger partial charge in [-0.05, 0) is 26.2 Å². The second-order valence-electron chi connectivity index (χ2n) is 5.52. The maximum absolute atomic E-state index is 11.1. The summed E-state index contributed by atoms with van der Waals surface area (Å²) < 4.78 is 9.85. The summed E-state index contributed by atoms with van der Waals surface area (Å²) in [7, 11) is 1.40. The SMILES string of the molecule is COC(=O)CCCCCCC[C@@H](OC(C)=O)[C@H](C)NC(C)=O. The quantitative estimate of drug-likeness (QED) is 0.467. The molecule has 6 nitrogen and oxygen atoms in total. The first-order valence-corrected chi connectivity index (χ1v) is 7.88. The van der Waals surface area contributed by atoms with Crippen LogP contribution in [0.4, 0.5) is 0 Å². The minimum atomic E-state index is -0.333. The number of nitrogens with one attached hydrogen (secondary N) is 1. The first-order valence-electron chi connectivity index (χ1n) is 7.88. The van der Waals surface area contributed by atoms with Crippen LogP contribution in [0.2, 0.25) is 0 Å². The molecule has 22 heavy (non-hydrogen) atoms. The number of ether oxygens (including phenoxy) is 2. The Morgan fingerprint density at radius 2 is 1.59 bits per heavy atom. The summed E-state index contributed by atoms with van der Waals surface area (Å²) in [6.45, 7) is 4.66. The third-order valence-electron chi connectivity index (χ3n) is 3.40. The zero-order valence-corrected chi connectivity index (χ0v) is 14.1. The second-order valence-corrected chi connectivity index (χ2v) is 5.52. The number of methoxy groups -OCH3 is 1. The lowest BCUT2D eigenvalue weighted by Crippen LogP contribution is -2.42. The van der Waals surface area contributed by atoms with Crippen molar-refractivity contribution in [2.24, 2.45) is 0 Å². The van der Waals surface area contributed by atoms with Crippen molar-refractivity contribution in [3.05, 3.63) is 0 Å². The van der Waals surface area contributed by atoms with Crippen molar-refractivity contribution in [2.45, 2.75) is 77.9 Å². The van der Waals surface area contributed by atoms with Gasteiger partial charge < -0.3 is 14.8 Å². The molecule has 0 aliphatic carbocycles. The number of unbranched alkanes of at least 4 members (excludes halogenated alkanes) is 4. The Bertz CT molecular complexity index is 356. The molecule has 0 saturated carbocycles.